The third-order valence-electron chi connectivity index (χ3n) is 4.87. The van der Waals surface area contributed by atoms with E-state index >= 15 is 0 Å². The molecule has 150 valence electrons. The molecule has 4 N–H and O–H groups in total. The molecular weight excluding hydrogens is 342 g/mol. The minimum atomic E-state index is -0.814. The Morgan fingerprint density at radius 3 is 2.41 bits per heavy atom. The molecule has 0 saturated carbocycles. The molecule has 1 aromatic carbocycles. The lowest BCUT2D eigenvalue weighted by Crippen LogP contribution is -2.67. The normalized spacial score (nSPS) is 24.4. The zero-order valence-electron chi connectivity index (χ0n) is 17.1. The van der Waals surface area contributed by atoms with Crippen molar-refractivity contribution in [2.75, 3.05) is 0 Å². The fraction of sp³-hybridized carbons (Fsp3) is 0.619. The van der Waals surface area contributed by atoms with Gasteiger partial charge in [-0.2, -0.15) is 0 Å². The maximum Gasteiger partial charge on any atom is 0.237 e. The van der Waals surface area contributed by atoms with Gasteiger partial charge in [0.25, 0.3) is 0 Å². The highest BCUT2D eigenvalue weighted by atomic mass is 16.5. The highest BCUT2D eigenvalue weighted by Crippen LogP contribution is 2.29. The minimum absolute atomic E-state index is 0.00738. The van der Waals surface area contributed by atoms with E-state index in [0.29, 0.717) is 19.3 Å². The highest BCUT2D eigenvalue weighted by Gasteiger charge is 2.44. The summed E-state index contributed by atoms with van der Waals surface area (Å²) in [4.78, 5) is 24.3. The molecule has 2 amide bonds. The van der Waals surface area contributed by atoms with E-state index in [2.05, 4.69) is 10.6 Å². The van der Waals surface area contributed by atoms with Crippen LogP contribution in [-0.4, -0.2) is 35.0 Å². The molecular formula is C21H33N3O3. The maximum atomic E-state index is 12.4. The van der Waals surface area contributed by atoms with E-state index in [9.17, 15) is 9.59 Å². The molecule has 2 atom stereocenters. The fourth-order valence-electron chi connectivity index (χ4n) is 3.86. The molecule has 6 nitrogen and oxygen atoms in total. The summed E-state index contributed by atoms with van der Waals surface area (Å²) in [5, 5.41) is 6.39. The molecule has 1 aliphatic heterocycles. The van der Waals surface area contributed by atoms with Crippen molar-refractivity contribution in [3.05, 3.63) is 29.8 Å². The molecule has 0 aromatic heterocycles. The lowest BCUT2D eigenvalue weighted by molar-refractivity contribution is -0.128. The second kappa shape index (κ2) is 8.30. The summed E-state index contributed by atoms with van der Waals surface area (Å²) in [6.45, 7) is 9.82. The van der Waals surface area contributed by atoms with Crippen LogP contribution in [0.2, 0.25) is 0 Å². The molecule has 27 heavy (non-hydrogen) atoms. The number of carbonyl (C=O) groups excluding carboxylic acids is 2. The fourth-order valence-corrected chi connectivity index (χ4v) is 3.86. The molecule has 0 aliphatic carbocycles. The Kier molecular flexibility index (Phi) is 6.52. The number of carbonyl (C=O) groups is 2. The van der Waals surface area contributed by atoms with Gasteiger partial charge in [-0.3, -0.25) is 14.9 Å². The number of benzene rings is 1. The van der Waals surface area contributed by atoms with E-state index in [-0.39, 0.29) is 23.6 Å². The van der Waals surface area contributed by atoms with Crippen LogP contribution in [0.4, 0.5) is 0 Å². The lowest BCUT2D eigenvalue weighted by atomic mass is 9.78. The average molecular weight is 376 g/mol. The zero-order chi connectivity index (χ0) is 20.2. The Bertz CT molecular complexity index is 670. The van der Waals surface area contributed by atoms with Gasteiger partial charge in [-0.1, -0.05) is 12.1 Å². The van der Waals surface area contributed by atoms with Gasteiger partial charge >= 0.3 is 0 Å². The third kappa shape index (κ3) is 6.24. The summed E-state index contributed by atoms with van der Waals surface area (Å²) in [6, 6.07) is 7.76. The molecule has 2 rings (SSSR count). The van der Waals surface area contributed by atoms with Crippen LogP contribution in [0.15, 0.2) is 24.3 Å². The van der Waals surface area contributed by atoms with E-state index in [0.717, 1.165) is 17.7 Å². The number of primary amides is 1. The molecule has 1 aromatic rings. The van der Waals surface area contributed by atoms with Crippen LogP contribution in [0.3, 0.4) is 0 Å². The number of nitrogens with one attached hydrogen (secondary N) is 2. The number of hydrogen-bond donors (Lipinski definition) is 3. The van der Waals surface area contributed by atoms with Crippen molar-refractivity contribution >= 4 is 11.8 Å². The van der Waals surface area contributed by atoms with E-state index in [1.54, 1.807) is 6.92 Å². The SMILES string of the molecule is CC(C)Oc1ccc(CCC(=O)NC2CC(C)(C)N[C@](C)(C(N)=O)C2)cc1. The van der Waals surface area contributed by atoms with Crippen molar-refractivity contribution in [2.45, 2.75) is 83.5 Å². The van der Waals surface area contributed by atoms with Gasteiger partial charge in [0, 0.05) is 18.0 Å². The molecule has 0 radical (unpaired) electrons. The Hall–Kier alpha value is -2.08. The second-order valence-electron chi connectivity index (χ2n) is 8.69. The van der Waals surface area contributed by atoms with Crippen LogP contribution in [0.5, 0.6) is 5.75 Å². The van der Waals surface area contributed by atoms with Gasteiger partial charge in [0.15, 0.2) is 0 Å². The lowest BCUT2D eigenvalue weighted by Gasteiger charge is -2.46. The summed E-state index contributed by atoms with van der Waals surface area (Å²) in [6.07, 6.45) is 2.46. The van der Waals surface area contributed by atoms with Gasteiger partial charge in [-0.15, -0.1) is 0 Å². The van der Waals surface area contributed by atoms with Gasteiger partial charge in [0.05, 0.1) is 11.6 Å². The third-order valence-corrected chi connectivity index (χ3v) is 4.87. The first-order valence-electron chi connectivity index (χ1n) is 9.63. The first kappa shape index (κ1) is 21.2. The number of nitrogens with two attached hydrogens (primary N) is 1. The second-order valence-corrected chi connectivity index (χ2v) is 8.69. The molecule has 1 aliphatic rings. The number of ether oxygens (including phenoxy) is 1. The summed E-state index contributed by atoms with van der Waals surface area (Å²) in [7, 11) is 0. The topological polar surface area (TPSA) is 93.4 Å². The summed E-state index contributed by atoms with van der Waals surface area (Å²) >= 11 is 0. The van der Waals surface area contributed by atoms with Crippen molar-refractivity contribution in [3.63, 3.8) is 0 Å². The van der Waals surface area contributed by atoms with E-state index in [4.69, 9.17) is 10.5 Å². The van der Waals surface area contributed by atoms with E-state index in [1.165, 1.54) is 0 Å². The number of hydrogen-bond acceptors (Lipinski definition) is 4. The van der Waals surface area contributed by atoms with Crippen LogP contribution >= 0.6 is 0 Å². The van der Waals surface area contributed by atoms with Gasteiger partial charge in [-0.05, 0) is 71.6 Å². The largest absolute Gasteiger partial charge is 0.491 e. The first-order valence-corrected chi connectivity index (χ1v) is 9.63. The van der Waals surface area contributed by atoms with E-state index in [1.807, 2.05) is 52.0 Å². The Labute approximate surface area is 162 Å². The van der Waals surface area contributed by atoms with Gasteiger partial charge in [-0.25, -0.2) is 0 Å². The predicted molar refractivity (Wildman–Crippen MR) is 107 cm³/mol. The van der Waals surface area contributed by atoms with Crippen LogP contribution in [0, 0.1) is 0 Å². The van der Waals surface area contributed by atoms with Gasteiger partial charge < -0.3 is 15.8 Å². The van der Waals surface area contributed by atoms with E-state index < -0.39 is 11.4 Å². The molecule has 1 fully saturated rings. The highest BCUT2D eigenvalue weighted by molar-refractivity contribution is 5.85. The minimum Gasteiger partial charge on any atom is -0.491 e. The molecule has 6 heteroatoms. The number of amides is 2. The van der Waals surface area contributed by atoms with Gasteiger partial charge in [0.1, 0.15) is 5.75 Å². The summed E-state index contributed by atoms with van der Waals surface area (Å²) < 4.78 is 5.63. The van der Waals surface area contributed by atoms with Gasteiger partial charge in [0.2, 0.25) is 11.8 Å². The van der Waals surface area contributed by atoms with Crippen LogP contribution in [0.25, 0.3) is 0 Å². The average Bonchev–Trinajstić information content (AvgIpc) is 2.51. The quantitative estimate of drug-likeness (QED) is 0.682. The van der Waals surface area contributed by atoms with Crippen molar-refractivity contribution < 1.29 is 14.3 Å². The predicted octanol–water partition coefficient (Wildman–Crippen LogP) is 2.30. The van der Waals surface area contributed by atoms with Crippen LogP contribution in [-0.2, 0) is 16.0 Å². The monoisotopic (exact) mass is 375 g/mol. The molecule has 1 heterocycles. The number of aryl methyl sites for hydroxylation is 1. The van der Waals surface area contributed by atoms with Crippen molar-refractivity contribution in [1.29, 1.82) is 0 Å². The van der Waals surface area contributed by atoms with Crippen molar-refractivity contribution in [3.8, 4) is 5.75 Å². The summed E-state index contributed by atoms with van der Waals surface area (Å²) in [5.74, 6) is 0.436. The molecule has 1 unspecified atom stereocenters. The Morgan fingerprint density at radius 1 is 1.22 bits per heavy atom. The molecule has 0 spiro atoms. The Morgan fingerprint density at radius 2 is 1.85 bits per heavy atom. The summed E-state index contributed by atoms with van der Waals surface area (Å²) in [5.41, 5.74) is 5.57. The van der Waals surface area contributed by atoms with Crippen molar-refractivity contribution in [1.82, 2.24) is 10.6 Å². The maximum absolute atomic E-state index is 12.4. The molecule has 0 bridgehead atoms. The first-order chi connectivity index (χ1) is 12.5. The molecule has 1 saturated heterocycles. The van der Waals surface area contributed by atoms with Crippen LogP contribution in [0.1, 0.15) is 59.4 Å². The number of piperidine rings is 1. The van der Waals surface area contributed by atoms with Crippen molar-refractivity contribution in [2.24, 2.45) is 5.73 Å². The van der Waals surface area contributed by atoms with Crippen LogP contribution < -0.4 is 21.1 Å². The number of rotatable bonds is 7. The Balaban J connectivity index is 1.88. The standard InChI is InChI=1S/C21H33N3O3/c1-14(2)27-17-9-6-15(7-10-17)8-11-18(25)23-16-12-20(3,4)24-21(5,13-16)19(22)26/h6-7,9-10,14,16,24H,8,11-13H2,1-5H3,(H2,22,26)(H,23,25)/t16?,21-/m0/s1. The zero-order valence-corrected chi connectivity index (χ0v) is 17.1. The smallest absolute Gasteiger partial charge is 0.237 e.